The number of amides is 2. The minimum atomic E-state index is -0.0259. The molecule has 2 aromatic carbocycles. The Labute approximate surface area is 166 Å². The van der Waals surface area contributed by atoms with Crippen molar-refractivity contribution in [3.8, 4) is 5.75 Å². The van der Waals surface area contributed by atoms with Crippen LogP contribution in [0.4, 0.5) is 0 Å². The monoisotopic (exact) mass is 380 g/mol. The van der Waals surface area contributed by atoms with E-state index in [1.54, 1.807) is 11.9 Å². The molecule has 148 valence electrons. The number of nitrogens with zero attached hydrogens (tertiary/aromatic N) is 1. The molecular weight excluding hydrogens is 352 g/mol. The van der Waals surface area contributed by atoms with Crippen LogP contribution >= 0.6 is 0 Å². The second kappa shape index (κ2) is 8.91. The zero-order chi connectivity index (χ0) is 20.1. The fraction of sp³-hybridized carbons (Fsp3) is 0.391. The number of carbonyl (C=O) groups is 2. The van der Waals surface area contributed by atoms with Crippen molar-refractivity contribution in [1.82, 2.24) is 10.2 Å². The van der Waals surface area contributed by atoms with Crippen molar-refractivity contribution in [3.05, 3.63) is 64.7 Å². The van der Waals surface area contributed by atoms with E-state index in [1.807, 2.05) is 56.3 Å². The molecule has 1 saturated carbocycles. The Hall–Kier alpha value is -2.82. The maximum atomic E-state index is 12.4. The predicted octanol–water partition coefficient (Wildman–Crippen LogP) is 3.62. The molecule has 0 radical (unpaired) electrons. The molecule has 1 fully saturated rings. The van der Waals surface area contributed by atoms with Crippen molar-refractivity contribution >= 4 is 11.8 Å². The van der Waals surface area contributed by atoms with E-state index in [1.165, 1.54) is 5.56 Å². The maximum absolute atomic E-state index is 12.4. The Morgan fingerprint density at radius 2 is 1.82 bits per heavy atom. The fourth-order valence-corrected chi connectivity index (χ4v) is 2.94. The molecular formula is C23H28N2O3. The number of benzene rings is 2. The topological polar surface area (TPSA) is 58.6 Å². The van der Waals surface area contributed by atoms with E-state index in [0.717, 1.165) is 29.7 Å². The summed E-state index contributed by atoms with van der Waals surface area (Å²) in [7, 11) is 1.79. The van der Waals surface area contributed by atoms with Crippen molar-refractivity contribution in [3.63, 3.8) is 0 Å². The summed E-state index contributed by atoms with van der Waals surface area (Å²) >= 11 is 0. The zero-order valence-electron chi connectivity index (χ0n) is 16.8. The number of carbonyl (C=O) groups excluding carboxylic acids is 2. The normalized spacial score (nSPS) is 13.1. The zero-order valence-corrected chi connectivity index (χ0v) is 16.8. The van der Waals surface area contributed by atoms with Crippen LogP contribution in [0.25, 0.3) is 0 Å². The molecule has 0 spiro atoms. The number of ether oxygens (including phenoxy) is 1. The summed E-state index contributed by atoms with van der Waals surface area (Å²) in [5, 5.41) is 2.98. The van der Waals surface area contributed by atoms with Gasteiger partial charge in [-0.2, -0.15) is 0 Å². The van der Waals surface area contributed by atoms with Crippen molar-refractivity contribution in [2.24, 2.45) is 0 Å². The van der Waals surface area contributed by atoms with Gasteiger partial charge in [0.2, 0.25) is 5.91 Å². The number of rotatable bonds is 8. The predicted molar refractivity (Wildman–Crippen MR) is 109 cm³/mol. The van der Waals surface area contributed by atoms with E-state index in [-0.39, 0.29) is 11.8 Å². The second-order valence-electron chi connectivity index (χ2n) is 7.49. The van der Waals surface area contributed by atoms with Gasteiger partial charge in [0.05, 0.1) is 13.0 Å². The summed E-state index contributed by atoms with van der Waals surface area (Å²) in [5.74, 6) is 0.832. The molecule has 5 nitrogen and oxygen atoms in total. The molecule has 0 unspecified atom stereocenters. The van der Waals surface area contributed by atoms with E-state index in [2.05, 4.69) is 5.32 Å². The highest BCUT2D eigenvalue weighted by molar-refractivity contribution is 5.94. The summed E-state index contributed by atoms with van der Waals surface area (Å²) in [6.07, 6.45) is 2.47. The van der Waals surface area contributed by atoms with Gasteiger partial charge in [0.25, 0.3) is 5.91 Å². The van der Waals surface area contributed by atoms with Crippen molar-refractivity contribution < 1.29 is 14.3 Å². The van der Waals surface area contributed by atoms with Gasteiger partial charge in [0.1, 0.15) is 5.75 Å². The molecule has 1 N–H and O–H groups in total. The van der Waals surface area contributed by atoms with E-state index in [4.69, 9.17) is 4.74 Å². The first-order valence-corrected chi connectivity index (χ1v) is 9.77. The molecule has 0 aliphatic heterocycles. The van der Waals surface area contributed by atoms with Gasteiger partial charge in [0, 0.05) is 25.2 Å². The van der Waals surface area contributed by atoms with Crippen LogP contribution in [0.15, 0.2) is 42.5 Å². The van der Waals surface area contributed by atoms with Gasteiger partial charge in [-0.05, 0) is 61.6 Å². The molecule has 0 bridgehead atoms. The molecule has 5 heteroatoms. The highest BCUT2D eigenvalue weighted by Crippen LogP contribution is 2.21. The summed E-state index contributed by atoms with van der Waals surface area (Å²) in [5.41, 5.74) is 3.94. The minimum absolute atomic E-state index is 0.0259. The summed E-state index contributed by atoms with van der Waals surface area (Å²) in [6, 6.07) is 13.7. The van der Waals surface area contributed by atoms with Crippen molar-refractivity contribution in [1.29, 1.82) is 0 Å². The Kier molecular flexibility index (Phi) is 6.34. The SMILES string of the molecule is Cc1cccc(OCCC(=O)N(C)Cc2ccc(C(=O)NC3CC3)cc2)c1C. The molecule has 1 aliphatic rings. The smallest absolute Gasteiger partial charge is 0.251 e. The first-order valence-electron chi connectivity index (χ1n) is 9.77. The molecule has 0 aromatic heterocycles. The van der Waals surface area contributed by atoms with Gasteiger partial charge in [-0.1, -0.05) is 24.3 Å². The third-order valence-electron chi connectivity index (χ3n) is 5.10. The van der Waals surface area contributed by atoms with Crippen LogP contribution in [-0.4, -0.2) is 36.4 Å². The van der Waals surface area contributed by atoms with Gasteiger partial charge < -0.3 is 15.0 Å². The quantitative estimate of drug-likeness (QED) is 0.761. The third-order valence-corrected chi connectivity index (χ3v) is 5.10. The average Bonchev–Trinajstić information content (AvgIpc) is 3.49. The average molecular weight is 380 g/mol. The lowest BCUT2D eigenvalue weighted by Gasteiger charge is -2.18. The lowest BCUT2D eigenvalue weighted by molar-refractivity contribution is -0.130. The highest BCUT2D eigenvalue weighted by atomic mass is 16.5. The first-order chi connectivity index (χ1) is 13.4. The van der Waals surface area contributed by atoms with Gasteiger partial charge in [-0.15, -0.1) is 0 Å². The summed E-state index contributed by atoms with van der Waals surface area (Å²) in [4.78, 5) is 26.1. The lowest BCUT2D eigenvalue weighted by atomic mass is 10.1. The van der Waals surface area contributed by atoms with E-state index >= 15 is 0 Å². The van der Waals surface area contributed by atoms with E-state index in [0.29, 0.717) is 31.2 Å². The Morgan fingerprint density at radius 1 is 1.11 bits per heavy atom. The maximum Gasteiger partial charge on any atom is 0.251 e. The number of aryl methyl sites for hydroxylation is 1. The van der Waals surface area contributed by atoms with Crippen LogP contribution in [0.5, 0.6) is 5.75 Å². The van der Waals surface area contributed by atoms with Gasteiger partial charge in [-0.25, -0.2) is 0 Å². The van der Waals surface area contributed by atoms with Gasteiger partial charge in [0.15, 0.2) is 0 Å². The molecule has 2 amide bonds. The molecule has 0 atom stereocenters. The Balaban J connectivity index is 1.45. The highest BCUT2D eigenvalue weighted by Gasteiger charge is 2.23. The summed E-state index contributed by atoms with van der Waals surface area (Å²) < 4.78 is 5.78. The largest absolute Gasteiger partial charge is 0.493 e. The third kappa shape index (κ3) is 5.35. The molecule has 0 saturated heterocycles. The van der Waals surface area contributed by atoms with Gasteiger partial charge in [-0.3, -0.25) is 9.59 Å². The molecule has 28 heavy (non-hydrogen) atoms. The standard InChI is InChI=1S/C23H28N2O3/c1-16-5-4-6-21(17(16)2)28-14-13-22(26)25(3)15-18-7-9-19(10-8-18)23(27)24-20-11-12-20/h4-10,20H,11-15H2,1-3H3,(H,24,27). The molecule has 3 rings (SSSR count). The van der Waals surface area contributed by atoms with E-state index < -0.39 is 0 Å². The Bertz CT molecular complexity index is 841. The fourth-order valence-electron chi connectivity index (χ4n) is 2.94. The van der Waals surface area contributed by atoms with Crippen molar-refractivity contribution in [2.75, 3.05) is 13.7 Å². The second-order valence-corrected chi connectivity index (χ2v) is 7.49. The lowest BCUT2D eigenvalue weighted by Crippen LogP contribution is -2.28. The number of hydrogen-bond donors (Lipinski definition) is 1. The van der Waals surface area contributed by atoms with Crippen LogP contribution in [0.3, 0.4) is 0 Å². The molecule has 0 heterocycles. The molecule has 2 aromatic rings. The van der Waals surface area contributed by atoms with Crippen LogP contribution in [0, 0.1) is 13.8 Å². The molecule has 1 aliphatic carbocycles. The minimum Gasteiger partial charge on any atom is -0.493 e. The van der Waals surface area contributed by atoms with Gasteiger partial charge >= 0.3 is 0 Å². The summed E-state index contributed by atoms with van der Waals surface area (Å²) in [6.45, 7) is 4.93. The number of nitrogens with one attached hydrogen (secondary N) is 1. The van der Waals surface area contributed by atoms with Crippen LogP contribution in [0.2, 0.25) is 0 Å². The Morgan fingerprint density at radius 3 is 2.50 bits per heavy atom. The first kappa shape index (κ1) is 19.9. The van der Waals surface area contributed by atoms with Crippen LogP contribution in [0.1, 0.15) is 46.3 Å². The number of hydrogen-bond acceptors (Lipinski definition) is 3. The van der Waals surface area contributed by atoms with Crippen LogP contribution < -0.4 is 10.1 Å². The van der Waals surface area contributed by atoms with Crippen LogP contribution in [-0.2, 0) is 11.3 Å². The van der Waals surface area contributed by atoms with Crippen molar-refractivity contribution in [2.45, 2.75) is 45.7 Å². The van der Waals surface area contributed by atoms with E-state index in [9.17, 15) is 9.59 Å².